The number of carbonyl (C=O) groups excluding carboxylic acids is 1. The minimum atomic E-state index is -0.880. The van der Waals surface area contributed by atoms with Crippen LogP contribution in [-0.2, 0) is 4.74 Å². The molecule has 1 aliphatic carbocycles. The normalized spacial score (nSPS) is 23.2. The third kappa shape index (κ3) is 4.14. The summed E-state index contributed by atoms with van der Waals surface area (Å²) >= 11 is 0. The van der Waals surface area contributed by atoms with Crippen molar-refractivity contribution < 1.29 is 23.1 Å². The summed E-state index contributed by atoms with van der Waals surface area (Å²) in [4.78, 5) is 23.7. The van der Waals surface area contributed by atoms with Crippen molar-refractivity contribution >= 4 is 22.7 Å². The zero-order valence-corrected chi connectivity index (χ0v) is 21.8. The fourth-order valence-electron chi connectivity index (χ4n) is 5.89. The molecule has 40 heavy (non-hydrogen) atoms. The van der Waals surface area contributed by atoms with Crippen LogP contribution >= 0.6 is 0 Å². The Hall–Kier alpha value is -4.49. The van der Waals surface area contributed by atoms with Crippen molar-refractivity contribution in [2.75, 3.05) is 38.3 Å². The molecule has 2 saturated heterocycles. The number of fused-ring (bicyclic) bond motifs is 2. The van der Waals surface area contributed by atoms with Crippen LogP contribution in [0.1, 0.15) is 22.3 Å². The number of rotatable bonds is 6. The summed E-state index contributed by atoms with van der Waals surface area (Å²) in [5, 5.41) is 12.9. The minimum absolute atomic E-state index is 0.151. The number of methoxy groups -OCH3 is 1. The number of aromatic nitrogens is 2. The van der Waals surface area contributed by atoms with Crippen molar-refractivity contribution in [1.29, 1.82) is 5.26 Å². The maximum atomic E-state index is 13.8. The molecule has 3 aromatic heterocycles. The summed E-state index contributed by atoms with van der Waals surface area (Å²) in [5.41, 5.74) is 4.75. The number of anilines is 1. The molecule has 1 N–H and O–H groups in total. The summed E-state index contributed by atoms with van der Waals surface area (Å²) in [6.45, 7) is 2.26. The van der Waals surface area contributed by atoms with Crippen LogP contribution in [-0.4, -0.2) is 61.5 Å². The Kier molecular flexibility index (Phi) is 5.90. The molecule has 3 fully saturated rings. The molecular weight excluding hydrogens is 513 g/mol. The highest BCUT2D eigenvalue weighted by Gasteiger charge is 2.54. The van der Waals surface area contributed by atoms with Crippen molar-refractivity contribution in [1.82, 2.24) is 15.3 Å². The lowest BCUT2D eigenvalue weighted by Crippen LogP contribution is -2.30. The van der Waals surface area contributed by atoms with E-state index in [2.05, 4.69) is 21.4 Å². The number of hydrogen-bond donors (Lipinski definition) is 1. The van der Waals surface area contributed by atoms with E-state index in [0.717, 1.165) is 16.8 Å². The number of alkyl halides is 1. The Morgan fingerprint density at radius 1 is 1.20 bits per heavy atom. The van der Waals surface area contributed by atoms with Crippen molar-refractivity contribution in [2.24, 2.45) is 11.8 Å². The zero-order chi connectivity index (χ0) is 27.4. The Labute approximate surface area is 229 Å². The number of nitriles is 1. The van der Waals surface area contributed by atoms with E-state index in [0.29, 0.717) is 84.0 Å². The topological polar surface area (TPSA) is 114 Å². The van der Waals surface area contributed by atoms with Gasteiger partial charge in [0.05, 0.1) is 37.1 Å². The first-order chi connectivity index (χ1) is 19.5. The highest BCUT2D eigenvalue weighted by Crippen LogP contribution is 2.44. The van der Waals surface area contributed by atoms with Crippen LogP contribution in [0.5, 0.6) is 5.75 Å². The third-order valence-electron chi connectivity index (χ3n) is 8.13. The molecule has 1 aromatic carbocycles. The lowest BCUT2D eigenvalue weighted by Gasteiger charge is -2.19. The summed E-state index contributed by atoms with van der Waals surface area (Å²) < 4.78 is 31.0. The molecule has 5 heterocycles. The van der Waals surface area contributed by atoms with Gasteiger partial charge in [-0.15, -0.1) is 0 Å². The fourth-order valence-corrected chi connectivity index (χ4v) is 5.89. The number of carbonyl (C=O) groups is 1. The van der Waals surface area contributed by atoms with E-state index in [1.807, 2.05) is 23.1 Å². The molecule has 1 amide bonds. The molecule has 9 nitrogen and oxygen atoms in total. The van der Waals surface area contributed by atoms with Gasteiger partial charge in [0.1, 0.15) is 29.2 Å². The maximum absolute atomic E-state index is 13.8. The quantitative estimate of drug-likeness (QED) is 0.385. The van der Waals surface area contributed by atoms with Gasteiger partial charge < -0.3 is 24.1 Å². The first-order valence-electron chi connectivity index (χ1n) is 13.3. The smallest absolute Gasteiger partial charge is 0.253 e. The zero-order valence-electron chi connectivity index (χ0n) is 21.8. The van der Waals surface area contributed by atoms with Crippen LogP contribution in [0, 0.1) is 23.2 Å². The molecule has 7 rings (SSSR count). The maximum Gasteiger partial charge on any atom is 0.253 e. The van der Waals surface area contributed by atoms with Gasteiger partial charge in [-0.05, 0) is 36.2 Å². The predicted molar refractivity (Wildman–Crippen MR) is 145 cm³/mol. The number of benzene rings is 1. The lowest BCUT2D eigenvalue weighted by molar-refractivity contribution is 0.0928. The van der Waals surface area contributed by atoms with E-state index in [1.54, 1.807) is 24.4 Å². The summed E-state index contributed by atoms with van der Waals surface area (Å²) in [7, 11) is 1.52. The lowest BCUT2D eigenvalue weighted by atomic mass is 10.0. The Morgan fingerprint density at radius 3 is 2.80 bits per heavy atom. The van der Waals surface area contributed by atoms with Crippen molar-refractivity contribution in [3.63, 3.8) is 0 Å². The van der Waals surface area contributed by atoms with Gasteiger partial charge in [0.25, 0.3) is 5.91 Å². The Bertz CT molecular complexity index is 1670. The standard InChI is InChI=1S/C30H26FN5O4/c1-38-25-9-18(30(37)35-27-21-14-39-15-22(21)27)12-34-28(25)26-10-23-29(40-26)20(4-6-33-23)16-2-3-24(17(8-16)11-32)36-7-5-19(31)13-36/h2-4,6,8-10,12,19,21-22,27H,5,7,13-15H2,1H3,(H,35,37)/t19-,21?,22?,27?/m1/s1. The van der Waals surface area contributed by atoms with Crippen molar-refractivity contribution in [3.05, 3.63) is 59.9 Å². The summed E-state index contributed by atoms with van der Waals surface area (Å²) in [5.74, 6) is 1.45. The second-order valence-electron chi connectivity index (χ2n) is 10.5. The molecule has 10 heteroatoms. The highest BCUT2D eigenvalue weighted by molar-refractivity contribution is 5.96. The molecular formula is C30H26FN5O4. The SMILES string of the molecule is COc1cc(C(=O)NC2C3COCC32)cnc1-c1cc2nccc(-c3ccc(N4CC[C@@H](F)C4)c(C#N)c3)c2o1. The fraction of sp³-hybridized carbons (Fsp3) is 0.333. The van der Waals surface area contributed by atoms with Crippen LogP contribution in [0.25, 0.3) is 33.7 Å². The van der Waals surface area contributed by atoms with Crippen LogP contribution in [0.15, 0.2) is 53.2 Å². The van der Waals surface area contributed by atoms with Gasteiger partial charge in [-0.1, -0.05) is 6.07 Å². The number of amides is 1. The molecule has 1 saturated carbocycles. The molecule has 3 aliphatic rings. The highest BCUT2D eigenvalue weighted by atomic mass is 19.1. The van der Waals surface area contributed by atoms with E-state index in [9.17, 15) is 14.4 Å². The number of hydrogen-bond acceptors (Lipinski definition) is 8. The van der Waals surface area contributed by atoms with Crippen molar-refractivity contribution in [3.8, 4) is 34.4 Å². The molecule has 2 aliphatic heterocycles. The van der Waals surface area contributed by atoms with E-state index in [-0.39, 0.29) is 11.9 Å². The molecule has 2 unspecified atom stereocenters. The van der Waals surface area contributed by atoms with E-state index in [1.165, 1.54) is 13.3 Å². The van der Waals surface area contributed by atoms with Crippen LogP contribution in [0.3, 0.4) is 0 Å². The summed E-state index contributed by atoms with van der Waals surface area (Å²) in [6.07, 6.45) is 2.78. The van der Waals surface area contributed by atoms with Gasteiger partial charge in [0, 0.05) is 55.0 Å². The van der Waals surface area contributed by atoms with Crippen LogP contribution in [0.4, 0.5) is 10.1 Å². The van der Waals surface area contributed by atoms with Crippen LogP contribution in [0.2, 0.25) is 0 Å². The van der Waals surface area contributed by atoms with Gasteiger partial charge in [-0.25, -0.2) is 9.37 Å². The van der Waals surface area contributed by atoms with E-state index in [4.69, 9.17) is 13.9 Å². The number of furan rings is 1. The van der Waals surface area contributed by atoms with E-state index < -0.39 is 6.17 Å². The molecule has 3 atom stereocenters. The molecule has 0 radical (unpaired) electrons. The largest absolute Gasteiger partial charge is 0.494 e. The van der Waals surface area contributed by atoms with Gasteiger partial charge >= 0.3 is 0 Å². The number of ether oxygens (including phenoxy) is 2. The monoisotopic (exact) mass is 539 g/mol. The Morgan fingerprint density at radius 2 is 2.05 bits per heavy atom. The van der Waals surface area contributed by atoms with Gasteiger partial charge in [-0.3, -0.25) is 9.78 Å². The minimum Gasteiger partial charge on any atom is -0.494 e. The number of pyridine rings is 2. The molecule has 0 bridgehead atoms. The second kappa shape index (κ2) is 9.61. The third-order valence-corrected chi connectivity index (χ3v) is 8.13. The number of halogens is 1. The molecule has 0 spiro atoms. The van der Waals surface area contributed by atoms with E-state index >= 15 is 0 Å². The second-order valence-corrected chi connectivity index (χ2v) is 10.5. The average molecular weight is 540 g/mol. The number of nitrogens with zero attached hydrogens (tertiary/aromatic N) is 4. The van der Waals surface area contributed by atoms with Gasteiger partial charge in [0.2, 0.25) is 0 Å². The predicted octanol–water partition coefficient (Wildman–Crippen LogP) is 4.36. The van der Waals surface area contributed by atoms with Crippen molar-refractivity contribution in [2.45, 2.75) is 18.6 Å². The molecule has 202 valence electrons. The summed E-state index contributed by atoms with van der Waals surface area (Å²) in [6, 6.07) is 13.2. The van der Waals surface area contributed by atoms with Gasteiger partial charge in [-0.2, -0.15) is 5.26 Å². The first-order valence-corrected chi connectivity index (χ1v) is 13.3. The first kappa shape index (κ1) is 24.5. The number of nitrogens with one attached hydrogen (secondary N) is 1. The Balaban J connectivity index is 1.19. The van der Waals surface area contributed by atoms with Crippen LogP contribution < -0.4 is 15.0 Å². The van der Waals surface area contributed by atoms with Gasteiger partial charge in [0.15, 0.2) is 11.3 Å². The molecule has 4 aromatic rings. The average Bonchev–Trinajstić information content (AvgIpc) is 3.46.